The fraction of sp³-hybridized carbons (Fsp3) is 0.412. The van der Waals surface area contributed by atoms with Gasteiger partial charge in [-0.3, -0.25) is 9.67 Å². The highest BCUT2D eigenvalue weighted by Gasteiger charge is 2.04. The van der Waals surface area contributed by atoms with Crippen LogP contribution in [0.25, 0.3) is 0 Å². The average Bonchev–Trinajstić information content (AvgIpc) is 2.94. The minimum absolute atomic E-state index is 0.581. The minimum atomic E-state index is 0.581. The molecule has 0 unspecified atom stereocenters. The van der Waals surface area contributed by atoms with Crippen molar-refractivity contribution in [2.45, 2.75) is 20.4 Å². The monoisotopic (exact) mass is 315 g/mol. The number of aliphatic imine (C=N–C) groups is 1. The van der Waals surface area contributed by atoms with E-state index in [1.54, 1.807) is 13.2 Å². The van der Waals surface area contributed by atoms with Crippen molar-refractivity contribution >= 4 is 5.96 Å². The number of guanidine groups is 1. The molecule has 0 aliphatic carbocycles. The van der Waals surface area contributed by atoms with Gasteiger partial charge in [0.25, 0.3) is 0 Å². The van der Waals surface area contributed by atoms with Gasteiger partial charge in [-0.05, 0) is 31.0 Å². The van der Waals surface area contributed by atoms with Crippen LogP contribution in [0.1, 0.15) is 16.8 Å². The highest BCUT2D eigenvalue weighted by atomic mass is 16.5. The summed E-state index contributed by atoms with van der Waals surface area (Å²) in [5.74, 6) is 1.71. The number of ether oxygens (including phenoxy) is 1. The maximum atomic E-state index is 5.87. The molecule has 6 nitrogen and oxygen atoms in total. The number of hydrogen-bond donors (Lipinski definition) is 2. The molecule has 2 rings (SSSR count). The van der Waals surface area contributed by atoms with Gasteiger partial charge in [-0.2, -0.15) is 5.10 Å². The predicted octanol–water partition coefficient (Wildman–Crippen LogP) is 1.78. The van der Waals surface area contributed by atoms with E-state index in [0.717, 1.165) is 28.5 Å². The molecule has 23 heavy (non-hydrogen) atoms. The van der Waals surface area contributed by atoms with E-state index in [0.29, 0.717) is 19.7 Å². The van der Waals surface area contributed by atoms with Gasteiger partial charge in [0.15, 0.2) is 5.96 Å². The molecule has 2 aromatic rings. The predicted molar refractivity (Wildman–Crippen MR) is 92.8 cm³/mol. The summed E-state index contributed by atoms with van der Waals surface area (Å²) in [7, 11) is 3.68. The highest BCUT2D eigenvalue weighted by molar-refractivity contribution is 5.79. The van der Waals surface area contributed by atoms with Crippen LogP contribution in [0.15, 0.2) is 35.5 Å². The normalized spacial score (nSPS) is 11.4. The van der Waals surface area contributed by atoms with Crippen LogP contribution in [0.2, 0.25) is 0 Å². The molecule has 0 spiro atoms. The van der Waals surface area contributed by atoms with Crippen molar-refractivity contribution in [1.29, 1.82) is 0 Å². The third kappa shape index (κ3) is 4.74. The Bertz CT molecular complexity index is 643. The first-order valence-electron chi connectivity index (χ1n) is 7.72. The smallest absolute Gasteiger partial charge is 0.191 e. The lowest BCUT2D eigenvalue weighted by Gasteiger charge is -2.14. The largest absolute Gasteiger partial charge is 0.491 e. The summed E-state index contributed by atoms with van der Waals surface area (Å²) in [4.78, 5) is 4.21. The van der Waals surface area contributed by atoms with Crippen LogP contribution in [0, 0.1) is 13.8 Å². The quantitative estimate of drug-likeness (QED) is 0.484. The Labute approximate surface area is 137 Å². The van der Waals surface area contributed by atoms with E-state index in [1.165, 1.54) is 0 Å². The van der Waals surface area contributed by atoms with Gasteiger partial charge in [0, 0.05) is 20.3 Å². The van der Waals surface area contributed by atoms with E-state index >= 15 is 0 Å². The van der Waals surface area contributed by atoms with Crippen molar-refractivity contribution in [3.05, 3.63) is 47.3 Å². The third-order valence-electron chi connectivity index (χ3n) is 3.63. The number of benzene rings is 1. The molecule has 0 aliphatic heterocycles. The molecule has 0 fully saturated rings. The highest BCUT2D eigenvalue weighted by Crippen LogP contribution is 2.21. The van der Waals surface area contributed by atoms with Crippen LogP contribution in [-0.4, -0.2) is 35.9 Å². The number of nitrogens with one attached hydrogen (secondary N) is 2. The summed E-state index contributed by atoms with van der Waals surface area (Å²) < 4.78 is 7.71. The van der Waals surface area contributed by atoms with Crippen molar-refractivity contribution in [3.63, 3.8) is 0 Å². The molecule has 124 valence electrons. The zero-order valence-electron chi connectivity index (χ0n) is 14.3. The van der Waals surface area contributed by atoms with E-state index in [-0.39, 0.29) is 0 Å². The summed E-state index contributed by atoms with van der Waals surface area (Å²) >= 11 is 0. The lowest BCUT2D eigenvalue weighted by molar-refractivity contribution is 0.317. The minimum Gasteiger partial charge on any atom is -0.491 e. The van der Waals surface area contributed by atoms with Gasteiger partial charge in [0.05, 0.1) is 18.8 Å². The Morgan fingerprint density at radius 1 is 1.22 bits per heavy atom. The zero-order chi connectivity index (χ0) is 16.7. The molecule has 1 heterocycles. The van der Waals surface area contributed by atoms with E-state index in [1.807, 2.05) is 23.9 Å². The summed E-state index contributed by atoms with van der Waals surface area (Å²) in [5, 5.41) is 10.6. The second-order valence-corrected chi connectivity index (χ2v) is 5.37. The van der Waals surface area contributed by atoms with Crippen LogP contribution in [0.4, 0.5) is 0 Å². The third-order valence-corrected chi connectivity index (χ3v) is 3.63. The van der Waals surface area contributed by atoms with Crippen molar-refractivity contribution in [2.24, 2.45) is 12.0 Å². The molecule has 1 aromatic heterocycles. The van der Waals surface area contributed by atoms with Crippen LogP contribution in [0.5, 0.6) is 5.75 Å². The van der Waals surface area contributed by atoms with Crippen LogP contribution in [0.3, 0.4) is 0 Å². The number of para-hydroxylation sites is 1. The Hall–Kier alpha value is -2.50. The van der Waals surface area contributed by atoms with E-state index in [2.05, 4.69) is 46.7 Å². The van der Waals surface area contributed by atoms with Crippen LogP contribution < -0.4 is 15.4 Å². The summed E-state index contributed by atoms with van der Waals surface area (Å²) in [5.41, 5.74) is 3.41. The molecule has 0 atom stereocenters. The molecule has 0 aliphatic rings. The summed E-state index contributed by atoms with van der Waals surface area (Å²) in [6, 6.07) is 8.14. The average molecular weight is 315 g/mol. The molecule has 2 N–H and O–H groups in total. The maximum Gasteiger partial charge on any atom is 0.191 e. The van der Waals surface area contributed by atoms with Gasteiger partial charge in [-0.25, -0.2) is 0 Å². The van der Waals surface area contributed by atoms with Crippen LogP contribution in [-0.2, 0) is 13.6 Å². The van der Waals surface area contributed by atoms with E-state index in [4.69, 9.17) is 4.74 Å². The fourth-order valence-corrected chi connectivity index (χ4v) is 2.32. The lowest BCUT2D eigenvalue weighted by Crippen LogP contribution is -2.39. The van der Waals surface area contributed by atoms with Crippen LogP contribution >= 0.6 is 0 Å². The molecule has 0 saturated heterocycles. The number of nitrogens with zero attached hydrogens (tertiary/aromatic N) is 3. The maximum absolute atomic E-state index is 5.87. The lowest BCUT2D eigenvalue weighted by atomic mass is 10.1. The Balaban J connectivity index is 1.75. The zero-order valence-corrected chi connectivity index (χ0v) is 14.3. The Morgan fingerprint density at radius 2 is 1.96 bits per heavy atom. The first-order valence-corrected chi connectivity index (χ1v) is 7.72. The Kier molecular flexibility index (Phi) is 6.02. The number of aryl methyl sites for hydroxylation is 3. The first kappa shape index (κ1) is 16.9. The van der Waals surface area contributed by atoms with Gasteiger partial charge in [0.2, 0.25) is 0 Å². The Morgan fingerprint density at radius 3 is 2.57 bits per heavy atom. The molecule has 0 saturated carbocycles. The molecular formula is C17H25N5O. The van der Waals surface area contributed by atoms with E-state index < -0.39 is 0 Å². The molecular weight excluding hydrogens is 290 g/mol. The summed E-state index contributed by atoms with van der Waals surface area (Å²) in [6.45, 7) is 6.05. The molecule has 0 bridgehead atoms. The summed E-state index contributed by atoms with van der Waals surface area (Å²) in [6.07, 6.45) is 1.78. The molecule has 0 amide bonds. The second kappa shape index (κ2) is 8.22. The number of hydrogen-bond acceptors (Lipinski definition) is 3. The second-order valence-electron chi connectivity index (χ2n) is 5.37. The van der Waals surface area contributed by atoms with Gasteiger partial charge >= 0.3 is 0 Å². The fourth-order valence-electron chi connectivity index (χ4n) is 2.32. The topological polar surface area (TPSA) is 63.5 Å². The van der Waals surface area contributed by atoms with E-state index in [9.17, 15) is 0 Å². The SMILES string of the molecule is CN=C(NCCOc1c(C)cccc1C)NCc1ccnn1C. The molecule has 0 radical (unpaired) electrons. The first-order chi connectivity index (χ1) is 11.1. The molecule has 6 heteroatoms. The van der Waals surface area contributed by atoms with Gasteiger partial charge < -0.3 is 15.4 Å². The van der Waals surface area contributed by atoms with Crippen molar-refractivity contribution in [3.8, 4) is 5.75 Å². The number of aromatic nitrogens is 2. The van der Waals surface area contributed by atoms with Crippen molar-refractivity contribution in [1.82, 2.24) is 20.4 Å². The van der Waals surface area contributed by atoms with Gasteiger partial charge in [0.1, 0.15) is 12.4 Å². The van der Waals surface area contributed by atoms with Gasteiger partial charge in [-0.15, -0.1) is 0 Å². The standard InChI is InChI=1S/C17H25N5O/c1-13-6-5-7-14(2)16(13)23-11-10-19-17(18-3)20-12-15-8-9-21-22(15)4/h5-9H,10-12H2,1-4H3,(H2,18,19,20). The van der Waals surface area contributed by atoms with Gasteiger partial charge in [-0.1, -0.05) is 18.2 Å². The molecule has 1 aromatic carbocycles. The van der Waals surface area contributed by atoms with Crippen molar-refractivity contribution in [2.75, 3.05) is 20.2 Å². The van der Waals surface area contributed by atoms with Crippen molar-refractivity contribution < 1.29 is 4.74 Å². The number of rotatable bonds is 6.